The van der Waals surface area contributed by atoms with E-state index in [2.05, 4.69) is 215 Å². The molecule has 12 aromatic carbocycles. The van der Waals surface area contributed by atoms with E-state index in [0.717, 1.165) is 55.3 Å². The van der Waals surface area contributed by atoms with E-state index in [1.807, 2.05) is 34.8 Å². The van der Waals surface area contributed by atoms with Crippen LogP contribution in [0, 0.1) is 0 Å². The third-order valence-corrected chi connectivity index (χ3v) is 18.5. The van der Waals surface area contributed by atoms with Crippen LogP contribution in [0.15, 0.2) is 227 Å². The van der Waals surface area contributed by atoms with E-state index in [1.165, 1.54) is 117 Å². The summed E-state index contributed by atoms with van der Waals surface area (Å²) in [5.74, 6) is 0. The van der Waals surface area contributed by atoms with Gasteiger partial charge in [-0.2, -0.15) is 0 Å². The summed E-state index contributed by atoms with van der Waals surface area (Å²) >= 11 is 3.81. The maximum Gasteiger partial charge on any atom is 0.135 e. The summed E-state index contributed by atoms with van der Waals surface area (Å²) in [6.07, 6.45) is 0. The first-order valence-corrected chi connectivity index (χ1v) is 26.8. The number of hydrogen-bond donors (Lipinski definition) is 0. The Labute approximate surface area is 428 Å². The minimum Gasteiger partial charge on any atom is -0.456 e. The average Bonchev–Trinajstić information content (AvgIpc) is 4.31. The first kappa shape index (κ1) is 39.4. The van der Waals surface area contributed by atoms with Gasteiger partial charge in [0.25, 0.3) is 0 Å². The molecule has 342 valence electrons. The maximum absolute atomic E-state index is 6.35. The third kappa shape index (κ3) is 5.10. The summed E-state index contributed by atoms with van der Waals surface area (Å²) in [4.78, 5) is 0. The van der Waals surface area contributed by atoms with E-state index < -0.39 is 0 Å². The van der Waals surface area contributed by atoms with Crippen LogP contribution in [-0.4, -0.2) is 9.13 Å². The van der Waals surface area contributed by atoms with Gasteiger partial charge in [-0.25, -0.2) is 0 Å². The van der Waals surface area contributed by atoms with Crippen LogP contribution in [-0.2, 0) is 0 Å². The minimum absolute atomic E-state index is 0.898. The fraction of sp³-hybridized carbons (Fsp3) is 0. The van der Waals surface area contributed by atoms with Gasteiger partial charge in [0.15, 0.2) is 0 Å². The first-order valence-electron chi connectivity index (χ1n) is 25.1. The van der Waals surface area contributed by atoms with Crippen molar-refractivity contribution < 1.29 is 8.83 Å². The van der Waals surface area contributed by atoms with Crippen molar-refractivity contribution in [3.63, 3.8) is 0 Å². The van der Waals surface area contributed by atoms with E-state index in [4.69, 9.17) is 8.83 Å². The Morgan fingerprint density at radius 3 is 1.62 bits per heavy atom. The first-order chi connectivity index (χ1) is 36.7. The van der Waals surface area contributed by atoms with Crippen molar-refractivity contribution in [1.29, 1.82) is 0 Å². The number of aromatic nitrogens is 2. The number of thiophene rings is 2. The Bertz CT molecular complexity index is 5520. The van der Waals surface area contributed by atoms with Gasteiger partial charge in [-0.3, -0.25) is 0 Å². The van der Waals surface area contributed by atoms with Gasteiger partial charge >= 0.3 is 0 Å². The Morgan fingerprint density at radius 1 is 0.284 bits per heavy atom. The molecular formula is C68H36N2O2S2. The molecule has 4 nitrogen and oxygen atoms in total. The molecule has 6 heteroatoms. The zero-order valence-electron chi connectivity index (χ0n) is 39.3. The molecule has 0 N–H and O–H groups in total. The van der Waals surface area contributed by atoms with Crippen LogP contribution in [0.3, 0.4) is 0 Å². The van der Waals surface area contributed by atoms with E-state index >= 15 is 0 Å². The second-order valence-electron chi connectivity index (χ2n) is 19.8. The van der Waals surface area contributed by atoms with Crippen molar-refractivity contribution in [2.45, 2.75) is 0 Å². The average molecular weight is 977 g/mol. The SMILES string of the molecule is c1ccc2c(c1)oc1ccc(-n3c4ccc5c(-c6ccc7sc8c(c7c6)c6ccccc6c6c8c7ccccc7n6-c6ccc7oc8ccccc8c7c6)cccc5c4c4ccc5c6ccccc6sc5c43)cc12. The lowest BCUT2D eigenvalue weighted by atomic mass is 9.94. The number of nitrogens with zero attached hydrogens (tertiary/aromatic N) is 2. The highest BCUT2D eigenvalue weighted by atomic mass is 32.1. The lowest BCUT2D eigenvalue weighted by Gasteiger charge is -2.12. The number of hydrogen-bond acceptors (Lipinski definition) is 4. The molecule has 0 saturated heterocycles. The fourth-order valence-corrected chi connectivity index (χ4v) is 15.5. The summed E-state index contributed by atoms with van der Waals surface area (Å²) < 4.78 is 22.9. The molecule has 6 heterocycles. The zero-order chi connectivity index (χ0) is 47.9. The van der Waals surface area contributed by atoms with Crippen LogP contribution < -0.4 is 0 Å². The number of fused-ring (bicyclic) bond motifs is 25. The molecule has 0 unspecified atom stereocenters. The molecule has 6 aromatic heterocycles. The quantitative estimate of drug-likeness (QED) is 0.177. The molecule has 0 fully saturated rings. The van der Waals surface area contributed by atoms with Gasteiger partial charge in [-0.15, -0.1) is 22.7 Å². The molecule has 0 radical (unpaired) electrons. The highest BCUT2D eigenvalue weighted by Crippen LogP contribution is 2.51. The van der Waals surface area contributed by atoms with Crippen molar-refractivity contribution in [2.75, 3.05) is 0 Å². The highest BCUT2D eigenvalue weighted by molar-refractivity contribution is 7.27. The fourth-order valence-electron chi connectivity index (χ4n) is 13.0. The third-order valence-electron chi connectivity index (χ3n) is 16.1. The Hall–Kier alpha value is -9.20. The van der Waals surface area contributed by atoms with Gasteiger partial charge in [0.1, 0.15) is 22.3 Å². The second-order valence-corrected chi connectivity index (χ2v) is 21.9. The molecule has 18 aromatic rings. The molecule has 0 bridgehead atoms. The monoisotopic (exact) mass is 976 g/mol. The summed E-state index contributed by atoms with van der Waals surface area (Å²) in [5.41, 5.74) is 13.1. The van der Waals surface area contributed by atoms with Crippen molar-refractivity contribution in [2.24, 2.45) is 0 Å². The van der Waals surface area contributed by atoms with E-state index in [-0.39, 0.29) is 0 Å². The molecule has 0 spiro atoms. The second kappa shape index (κ2) is 14.3. The molecule has 0 amide bonds. The molecule has 74 heavy (non-hydrogen) atoms. The van der Waals surface area contributed by atoms with Crippen molar-refractivity contribution in [3.05, 3.63) is 218 Å². The molecule has 0 aliphatic rings. The van der Waals surface area contributed by atoms with Crippen LogP contribution in [0.5, 0.6) is 0 Å². The van der Waals surface area contributed by atoms with E-state index in [1.54, 1.807) is 0 Å². The van der Waals surface area contributed by atoms with Gasteiger partial charge in [-0.05, 0) is 106 Å². The standard InChI is InChI=1S/C68H36N2O2S2/c1-2-16-47-46(15-1)63-53-34-37(24-33-61(53)74-68(63)64-49-17-3-7-20-54(49)69(65(47)64)38-25-31-58-51(35-38)42-12-4-8-21-56(42)71-58)40-18-11-19-45-41(40)29-30-55-62(45)50-28-27-48-44-14-6-10-23-60(44)73-67(48)66(50)70(55)39-26-32-59-52(36-39)43-13-5-9-22-57(43)72-59/h1-36H. The largest absolute Gasteiger partial charge is 0.456 e. The summed E-state index contributed by atoms with van der Waals surface area (Å²) in [6.45, 7) is 0. The van der Waals surface area contributed by atoms with Gasteiger partial charge in [0, 0.05) is 95.5 Å². The Kier molecular flexibility index (Phi) is 7.60. The summed E-state index contributed by atoms with van der Waals surface area (Å²) in [5, 5.41) is 19.8. The normalized spacial score (nSPS) is 12.6. The lowest BCUT2D eigenvalue weighted by molar-refractivity contribution is 0.668. The number of para-hydroxylation sites is 3. The summed E-state index contributed by atoms with van der Waals surface area (Å²) in [7, 11) is 0. The van der Waals surface area contributed by atoms with Crippen molar-refractivity contribution >= 4 is 172 Å². The van der Waals surface area contributed by atoms with Gasteiger partial charge in [0.05, 0.1) is 26.8 Å². The predicted molar refractivity (Wildman–Crippen MR) is 316 cm³/mol. The molecule has 0 aliphatic heterocycles. The van der Waals surface area contributed by atoms with Crippen LogP contribution in [0.2, 0.25) is 0 Å². The Balaban J connectivity index is 0.885. The topological polar surface area (TPSA) is 36.1 Å². The van der Waals surface area contributed by atoms with Crippen molar-refractivity contribution in [1.82, 2.24) is 9.13 Å². The van der Waals surface area contributed by atoms with Crippen LogP contribution in [0.4, 0.5) is 0 Å². The van der Waals surface area contributed by atoms with Gasteiger partial charge < -0.3 is 18.0 Å². The zero-order valence-corrected chi connectivity index (χ0v) is 40.9. The highest BCUT2D eigenvalue weighted by Gasteiger charge is 2.25. The number of benzene rings is 12. The number of furan rings is 2. The maximum atomic E-state index is 6.35. The van der Waals surface area contributed by atoms with Crippen LogP contribution >= 0.6 is 22.7 Å². The van der Waals surface area contributed by atoms with Gasteiger partial charge in [0.2, 0.25) is 0 Å². The molecule has 18 rings (SSSR count). The molecule has 0 saturated carbocycles. The Morgan fingerprint density at radius 2 is 0.851 bits per heavy atom. The van der Waals surface area contributed by atoms with E-state index in [0.29, 0.717) is 0 Å². The van der Waals surface area contributed by atoms with Crippen LogP contribution in [0.25, 0.3) is 172 Å². The van der Waals surface area contributed by atoms with E-state index in [9.17, 15) is 0 Å². The van der Waals surface area contributed by atoms with Gasteiger partial charge in [-0.1, -0.05) is 140 Å². The summed E-state index contributed by atoms with van der Waals surface area (Å²) in [6, 6.07) is 80.4. The lowest BCUT2D eigenvalue weighted by Crippen LogP contribution is -1.94. The molecular weight excluding hydrogens is 941 g/mol. The minimum atomic E-state index is 0.898. The predicted octanol–water partition coefficient (Wildman–Crippen LogP) is 20.4. The van der Waals surface area contributed by atoms with Crippen LogP contribution in [0.1, 0.15) is 0 Å². The number of rotatable bonds is 3. The smallest absolute Gasteiger partial charge is 0.135 e. The molecule has 0 aliphatic carbocycles. The van der Waals surface area contributed by atoms with Crippen molar-refractivity contribution in [3.8, 4) is 22.5 Å². The molecule has 0 atom stereocenters.